The summed E-state index contributed by atoms with van der Waals surface area (Å²) in [5, 5.41) is 33.8. The number of rotatable bonds is 4. The van der Waals surface area contributed by atoms with Crippen LogP contribution in [0.25, 0.3) is 0 Å². The molecule has 0 aliphatic rings. The lowest BCUT2D eigenvalue weighted by Gasteiger charge is -2.04. The van der Waals surface area contributed by atoms with Crippen molar-refractivity contribution < 1.29 is 30.0 Å². The monoisotopic (exact) mass is 188 g/mol. The van der Waals surface area contributed by atoms with Gasteiger partial charge in [-0.1, -0.05) is 0 Å². The Kier molecular flexibility index (Phi) is 4.25. The van der Waals surface area contributed by atoms with Crippen molar-refractivity contribution in [3.8, 4) is 0 Å². The molecule has 4 N–H and O–H groups in total. The van der Waals surface area contributed by atoms with Crippen molar-refractivity contribution in [2.75, 3.05) is 0 Å². The first kappa shape index (κ1) is 11.2. The van der Waals surface area contributed by atoms with Gasteiger partial charge in [-0.15, -0.1) is 0 Å². The maximum absolute atomic E-state index is 10.3. The van der Waals surface area contributed by atoms with Gasteiger partial charge in [0.05, 0.1) is 11.8 Å². The van der Waals surface area contributed by atoms with E-state index in [1.54, 1.807) is 0 Å². The Hall–Kier alpha value is -1.82. The van der Waals surface area contributed by atoms with Crippen LogP contribution in [-0.2, 0) is 9.59 Å². The van der Waals surface area contributed by atoms with Crippen molar-refractivity contribution in [2.45, 2.75) is 6.10 Å². The van der Waals surface area contributed by atoms with Gasteiger partial charge in [0.15, 0.2) is 0 Å². The fourth-order valence-corrected chi connectivity index (χ4v) is 0.592. The summed E-state index contributed by atoms with van der Waals surface area (Å²) in [5.41, 5.74) is -0.724. The number of carboxylic acids is 2. The first-order valence-electron chi connectivity index (χ1n) is 3.15. The van der Waals surface area contributed by atoms with Crippen molar-refractivity contribution in [1.82, 2.24) is 0 Å². The standard InChI is InChI=1S/C7H8O6/c8-2-1-5(9)4(7(12)13)3-6(10)11/h1-3,5,8-9H,(H,10,11)(H,12,13). The van der Waals surface area contributed by atoms with Crippen LogP contribution in [0.5, 0.6) is 0 Å². The van der Waals surface area contributed by atoms with Crippen LogP contribution in [-0.4, -0.2) is 38.5 Å². The average molecular weight is 188 g/mol. The van der Waals surface area contributed by atoms with Crippen molar-refractivity contribution in [3.63, 3.8) is 0 Å². The van der Waals surface area contributed by atoms with Crippen LogP contribution in [0.4, 0.5) is 0 Å². The largest absolute Gasteiger partial charge is 0.516 e. The van der Waals surface area contributed by atoms with Gasteiger partial charge in [-0.25, -0.2) is 9.59 Å². The molecule has 0 aromatic heterocycles. The van der Waals surface area contributed by atoms with E-state index in [1.807, 2.05) is 0 Å². The van der Waals surface area contributed by atoms with Crippen LogP contribution >= 0.6 is 0 Å². The summed E-state index contributed by atoms with van der Waals surface area (Å²) in [6.07, 6.45) is -0.113. The highest BCUT2D eigenvalue weighted by atomic mass is 16.4. The molecule has 0 amide bonds. The van der Waals surface area contributed by atoms with Crippen molar-refractivity contribution in [2.24, 2.45) is 0 Å². The summed E-state index contributed by atoms with van der Waals surface area (Å²) < 4.78 is 0. The van der Waals surface area contributed by atoms with Gasteiger partial charge in [0.25, 0.3) is 0 Å². The Morgan fingerprint density at radius 1 is 1.23 bits per heavy atom. The minimum Gasteiger partial charge on any atom is -0.516 e. The van der Waals surface area contributed by atoms with Crippen molar-refractivity contribution >= 4 is 11.9 Å². The molecule has 0 fully saturated rings. The van der Waals surface area contributed by atoms with E-state index in [4.69, 9.17) is 20.4 Å². The SMILES string of the molecule is O=C(O)C=C(C(=O)O)C(O)C=CO. The second-order valence-corrected chi connectivity index (χ2v) is 2.03. The van der Waals surface area contributed by atoms with Crippen LogP contribution in [0.15, 0.2) is 24.0 Å². The molecule has 1 atom stereocenters. The average Bonchev–Trinajstić information content (AvgIpc) is 1.99. The number of carbonyl (C=O) groups is 2. The highest BCUT2D eigenvalue weighted by molar-refractivity contribution is 5.95. The van der Waals surface area contributed by atoms with Crippen molar-refractivity contribution in [1.29, 1.82) is 0 Å². The van der Waals surface area contributed by atoms with E-state index in [2.05, 4.69) is 0 Å². The molecule has 0 bridgehead atoms. The Bertz CT molecular complexity index is 264. The van der Waals surface area contributed by atoms with Gasteiger partial charge in [-0.3, -0.25) is 0 Å². The van der Waals surface area contributed by atoms with Gasteiger partial charge >= 0.3 is 11.9 Å². The van der Waals surface area contributed by atoms with E-state index >= 15 is 0 Å². The van der Waals surface area contributed by atoms with Crippen LogP contribution in [0.1, 0.15) is 0 Å². The molecular weight excluding hydrogens is 180 g/mol. The number of hydrogen-bond donors (Lipinski definition) is 4. The lowest BCUT2D eigenvalue weighted by Crippen LogP contribution is -2.17. The number of aliphatic hydroxyl groups is 2. The van der Waals surface area contributed by atoms with E-state index in [-0.39, 0.29) is 0 Å². The zero-order chi connectivity index (χ0) is 10.4. The molecule has 0 aliphatic heterocycles. The quantitative estimate of drug-likeness (QED) is 0.349. The molecule has 72 valence electrons. The Morgan fingerprint density at radius 3 is 2.08 bits per heavy atom. The summed E-state index contributed by atoms with van der Waals surface area (Å²) in [6, 6.07) is 0. The van der Waals surface area contributed by atoms with Gasteiger partial charge in [0.1, 0.15) is 6.10 Å². The topological polar surface area (TPSA) is 115 Å². The fourth-order valence-electron chi connectivity index (χ4n) is 0.592. The molecule has 0 aliphatic carbocycles. The number of hydrogen-bond acceptors (Lipinski definition) is 4. The van der Waals surface area contributed by atoms with Crippen LogP contribution in [0.2, 0.25) is 0 Å². The molecule has 1 unspecified atom stereocenters. The molecule has 0 rings (SSSR count). The molecule has 13 heavy (non-hydrogen) atoms. The molecule has 0 saturated heterocycles. The first-order valence-corrected chi connectivity index (χ1v) is 3.15. The lowest BCUT2D eigenvalue weighted by molar-refractivity contribution is -0.135. The minimum absolute atomic E-state index is 0.354. The number of carboxylic acid groups (broad SMARTS) is 2. The van der Waals surface area contributed by atoms with Crippen molar-refractivity contribution in [3.05, 3.63) is 24.0 Å². The summed E-state index contributed by atoms with van der Waals surface area (Å²) in [5.74, 6) is -3.05. The second kappa shape index (κ2) is 4.94. The van der Waals surface area contributed by atoms with Crippen LogP contribution < -0.4 is 0 Å². The Morgan fingerprint density at radius 2 is 1.77 bits per heavy atom. The lowest BCUT2D eigenvalue weighted by atomic mass is 10.1. The predicted octanol–water partition coefficient (Wildman–Crippen LogP) is -0.485. The third-order valence-electron chi connectivity index (χ3n) is 1.11. The third-order valence-corrected chi connectivity index (χ3v) is 1.11. The van der Waals surface area contributed by atoms with E-state index in [0.29, 0.717) is 12.3 Å². The molecule has 6 nitrogen and oxygen atoms in total. The van der Waals surface area contributed by atoms with Gasteiger partial charge in [0, 0.05) is 6.08 Å². The van der Waals surface area contributed by atoms with E-state index in [0.717, 1.165) is 6.08 Å². The third kappa shape index (κ3) is 3.92. The zero-order valence-corrected chi connectivity index (χ0v) is 6.41. The fraction of sp³-hybridized carbons (Fsp3) is 0.143. The summed E-state index contributed by atoms with van der Waals surface area (Å²) >= 11 is 0. The zero-order valence-electron chi connectivity index (χ0n) is 6.41. The van der Waals surface area contributed by atoms with Gasteiger partial charge in [-0.2, -0.15) is 0 Å². The normalized spacial score (nSPS) is 14.4. The van der Waals surface area contributed by atoms with Gasteiger partial charge in [0.2, 0.25) is 0 Å². The highest BCUT2D eigenvalue weighted by Crippen LogP contribution is 2.03. The number of aliphatic carboxylic acids is 2. The Balaban J connectivity index is 4.81. The van der Waals surface area contributed by atoms with E-state index in [9.17, 15) is 9.59 Å². The molecular formula is C7H8O6. The smallest absolute Gasteiger partial charge is 0.334 e. The second-order valence-electron chi connectivity index (χ2n) is 2.03. The maximum atomic E-state index is 10.3. The first-order chi connectivity index (χ1) is 5.99. The molecule has 0 spiro atoms. The van der Waals surface area contributed by atoms with Gasteiger partial charge in [-0.05, 0) is 6.08 Å². The summed E-state index contributed by atoms with van der Waals surface area (Å²) in [7, 11) is 0. The highest BCUT2D eigenvalue weighted by Gasteiger charge is 2.16. The molecule has 0 aromatic rings. The molecule has 0 radical (unpaired) electrons. The molecule has 6 heteroatoms. The molecule has 0 heterocycles. The van der Waals surface area contributed by atoms with Crippen LogP contribution in [0, 0.1) is 0 Å². The van der Waals surface area contributed by atoms with E-state index < -0.39 is 23.6 Å². The Labute approximate surface area is 73.0 Å². The summed E-state index contributed by atoms with van der Waals surface area (Å²) in [4.78, 5) is 20.4. The van der Waals surface area contributed by atoms with Gasteiger partial charge < -0.3 is 20.4 Å². The van der Waals surface area contributed by atoms with E-state index in [1.165, 1.54) is 0 Å². The molecule has 0 saturated carbocycles. The number of aliphatic hydroxyl groups excluding tert-OH is 2. The minimum atomic E-state index is -1.64. The maximum Gasteiger partial charge on any atom is 0.334 e. The summed E-state index contributed by atoms with van der Waals surface area (Å²) in [6.45, 7) is 0. The predicted molar refractivity (Wildman–Crippen MR) is 41.1 cm³/mol. The molecule has 0 aromatic carbocycles. The van der Waals surface area contributed by atoms with Crippen LogP contribution in [0.3, 0.4) is 0 Å².